The van der Waals surface area contributed by atoms with Crippen LogP contribution in [-0.4, -0.2) is 5.21 Å². The third kappa shape index (κ3) is 2.49. The quantitative estimate of drug-likeness (QED) is 0.514. The van der Waals surface area contributed by atoms with E-state index >= 15 is 0 Å². The van der Waals surface area contributed by atoms with Gasteiger partial charge in [0.05, 0.1) is 5.41 Å². The molecule has 84 valence electrons. The fraction of sp³-hybridized carbons (Fsp3) is 0.615. The van der Waals surface area contributed by atoms with Crippen LogP contribution in [0.3, 0.4) is 0 Å². The molecule has 15 heavy (non-hydrogen) atoms. The Labute approximate surface area is 92.5 Å². The molecule has 2 nitrogen and oxygen atoms in total. The molecule has 0 aliphatic carbocycles. The average molecular weight is 208 g/mol. The standard InChI is InChI=1S/C13H22NO/c1-12(2,3)10-8-7-9-14(15)11(10)13(4,5)6/h7-9,15H,1-6H3/q+1. The summed E-state index contributed by atoms with van der Waals surface area (Å²) in [5.41, 5.74) is 2.17. The molecule has 1 heterocycles. The molecular weight excluding hydrogens is 186 g/mol. The molecule has 0 aliphatic rings. The third-order valence-electron chi connectivity index (χ3n) is 2.49. The minimum absolute atomic E-state index is 0.0500. The van der Waals surface area contributed by atoms with E-state index in [1.807, 2.05) is 6.07 Å². The van der Waals surface area contributed by atoms with Gasteiger partial charge in [-0.05, 0) is 11.5 Å². The highest BCUT2D eigenvalue weighted by atomic mass is 16.5. The number of nitrogens with zero attached hydrogens (tertiary/aromatic N) is 1. The molecule has 1 N–H and O–H groups in total. The van der Waals surface area contributed by atoms with Gasteiger partial charge in [-0.25, -0.2) is 0 Å². The van der Waals surface area contributed by atoms with Crippen LogP contribution in [0.15, 0.2) is 18.3 Å². The first-order valence-corrected chi connectivity index (χ1v) is 5.39. The van der Waals surface area contributed by atoms with Gasteiger partial charge in [-0.1, -0.05) is 41.5 Å². The van der Waals surface area contributed by atoms with Gasteiger partial charge >= 0.3 is 0 Å². The second-order valence-corrected chi connectivity index (χ2v) is 6.12. The summed E-state index contributed by atoms with van der Waals surface area (Å²) in [6.45, 7) is 12.8. The Balaban J connectivity index is 3.48. The fourth-order valence-electron chi connectivity index (χ4n) is 1.85. The first-order valence-electron chi connectivity index (χ1n) is 5.39. The maximum Gasteiger partial charge on any atom is 0.243 e. The largest absolute Gasteiger partial charge is 0.285 e. The molecule has 1 aromatic rings. The second-order valence-electron chi connectivity index (χ2n) is 6.12. The number of pyridine rings is 1. The molecule has 0 spiro atoms. The summed E-state index contributed by atoms with van der Waals surface area (Å²) >= 11 is 0. The highest BCUT2D eigenvalue weighted by molar-refractivity contribution is 5.28. The first kappa shape index (κ1) is 12.0. The summed E-state index contributed by atoms with van der Waals surface area (Å²) in [7, 11) is 0. The van der Waals surface area contributed by atoms with Crippen molar-refractivity contribution in [1.29, 1.82) is 0 Å². The molecule has 1 rings (SSSR count). The van der Waals surface area contributed by atoms with Crippen molar-refractivity contribution in [3.05, 3.63) is 29.6 Å². The van der Waals surface area contributed by atoms with E-state index in [1.165, 1.54) is 10.3 Å². The van der Waals surface area contributed by atoms with Crippen LogP contribution >= 0.6 is 0 Å². The van der Waals surface area contributed by atoms with E-state index in [-0.39, 0.29) is 10.8 Å². The van der Waals surface area contributed by atoms with Gasteiger partial charge in [0, 0.05) is 16.4 Å². The van der Waals surface area contributed by atoms with Crippen molar-refractivity contribution in [3.63, 3.8) is 0 Å². The minimum atomic E-state index is -0.0569. The third-order valence-corrected chi connectivity index (χ3v) is 2.49. The lowest BCUT2D eigenvalue weighted by Gasteiger charge is -2.24. The summed E-state index contributed by atoms with van der Waals surface area (Å²) < 4.78 is 1.25. The van der Waals surface area contributed by atoms with E-state index in [0.29, 0.717) is 0 Å². The lowest BCUT2D eigenvalue weighted by atomic mass is 9.78. The molecule has 0 radical (unpaired) electrons. The highest BCUT2D eigenvalue weighted by Crippen LogP contribution is 2.30. The Kier molecular flexibility index (Phi) is 2.81. The van der Waals surface area contributed by atoms with Crippen molar-refractivity contribution >= 4 is 0 Å². The van der Waals surface area contributed by atoms with Crippen molar-refractivity contribution in [1.82, 2.24) is 0 Å². The maximum atomic E-state index is 9.91. The molecular formula is C13H22NO+. The normalized spacial score (nSPS) is 12.9. The number of hydrogen-bond acceptors (Lipinski definition) is 1. The van der Waals surface area contributed by atoms with Crippen LogP contribution in [0.4, 0.5) is 0 Å². The molecule has 0 fully saturated rings. The molecule has 0 amide bonds. The van der Waals surface area contributed by atoms with Gasteiger partial charge in [0.15, 0.2) is 0 Å². The smallest absolute Gasteiger partial charge is 0.243 e. The van der Waals surface area contributed by atoms with Crippen LogP contribution in [0.5, 0.6) is 0 Å². The molecule has 0 unspecified atom stereocenters. The Morgan fingerprint density at radius 3 is 1.87 bits per heavy atom. The molecule has 0 saturated carbocycles. The Morgan fingerprint density at radius 1 is 1.00 bits per heavy atom. The molecule has 0 saturated heterocycles. The van der Waals surface area contributed by atoms with E-state index in [0.717, 1.165) is 5.69 Å². The van der Waals surface area contributed by atoms with Crippen molar-refractivity contribution in [2.75, 3.05) is 0 Å². The zero-order valence-corrected chi connectivity index (χ0v) is 10.6. The van der Waals surface area contributed by atoms with Gasteiger partial charge in [-0.3, -0.25) is 5.21 Å². The van der Waals surface area contributed by atoms with Gasteiger partial charge in [-0.2, -0.15) is 0 Å². The van der Waals surface area contributed by atoms with Crippen LogP contribution in [0.25, 0.3) is 0 Å². The predicted molar refractivity (Wildman–Crippen MR) is 61.2 cm³/mol. The molecule has 2 heteroatoms. The first-order chi connectivity index (χ1) is 6.64. The number of aromatic nitrogens is 1. The predicted octanol–water partition coefficient (Wildman–Crippen LogP) is 2.81. The number of hydrogen-bond donors (Lipinski definition) is 1. The second kappa shape index (κ2) is 3.51. The van der Waals surface area contributed by atoms with Gasteiger partial charge in [0.25, 0.3) is 0 Å². The van der Waals surface area contributed by atoms with Crippen LogP contribution < -0.4 is 4.73 Å². The lowest BCUT2D eigenvalue weighted by Crippen LogP contribution is -2.43. The Hall–Kier alpha value is -1.05. The Bertz CT molecular complexity index is 356. The van der Waals surface area contributed by atoms with Gasteiger partial charge in [-0.15, -0.1) is 0 Å². The maximum absolute atomic E-state index is 9.91. The van der Waals surface area contributed by atoms with E-state index in [4.69, 9.17) is 0 Å². The van der Waals surface area contributed by atoms with E-state index in [2.05, 4.69) is 47.6 Å². The van der Waals surface area contributed by atoms with Crippen molar-refractivity contribution in [2.45, 2.75) is 52.4 Å². The van der Waals surface area contributed by atoms with Crippen molar-refractivity contribution < 1.29 is 9.94 Å². The van der Waals surface area contributed by atoms with Crippen molar-refractivity contribution in [2.24, 2.45) is 0 Å². The summed E-state index contributed by atoms with van der Waals surface area (Å²) in [6.07, 6.45) is 1.69. The zero-order valence-electron chi connectivity index (χ0n) is 10.6. The van der Waals surface area contributed by atoms with Crippen molar-refractivity contribution in [3.8, 4) is 0 Å². The summed E-state index contributed by atoms with van der Waals surface area (Å²) in [5, 5.41) is 9.91. The molecule has 0 atom stereocenters. The molecule has 0 aromatic carbocycles. The highest BCUT2D eigenvalue weighted by Gasteiger charge is 2.34. The van der Waals surface area contributed by atoms with Crippen LogP contribution in [0, 0.1) is 0 Å². The van der Waals surface area contributed by atoms with E-state index in [9.17, 15) is 5.21 Å². The van der Waals surface area contributed by atoms with E-state index in [1.54, 1.807) is 6.20 Å². The van der Waals surface area contributed by atoms with Crippen LogP contribution in [-0.2, 0) is 10.8 Å². The molecule has 0 aliphatic heterocycles. The zero-order chi connectivity index (χ0) is 11.9. The minimum Gasteiger partial charge on any atom is -0.285 e. The average Bonchev–Trinajstić information content (AvgIpc) is 1.99. The SMILES string of the molecule is CC(C)(C)c1ccc[n+](O)c1C(C)(C)C. The monoisotopic (exact) mass is 208 g/mol. The Morgan fingerprint density at radius 2 is 1.53 bits per heavy atom. The molecule has 1 aromatic heterocycles. The lowest BCUT2D eigenvalue weighted by molar-refractivity contribution is -0.911. The summed E-state index contributed by atoms with van der Waals surface area (Å²) in [6, 6.07) is 3.98. The topological polar surface area (TPSA) is 24.1 Å². The summed E-state index contributed by atoms with van der Waals surface area (Å²) in [5.74, 6) is 0. The van der Waals surface area contributed by atoms with E-state index < -0.39 is 0 Å². The van der Waals surface area contributed by atoms with Crippen LogP contribution in [0.2, 0.25) is 0 Å². The van der Waals surface area contributed by atoms with Gasteiger partial charge in [0.1, 0.15) is 0 Å². The van der Waals surface area contributed by atoms with Gasteiger partial charge < -0.3 is 0 Å². The number of rotatable bonds is 0. The molecule has 0 bridgehead atoms. The fourth-order valence-corrected chi connectivity index (χ4v) is 1.85. The van der Waals surface area contributed by atoms with Crippen LogP contribution in [0.1, 0.15) is 52.8 Å². The van der Waals surface area contributed by atoms with Gasteiger partial charge in [0.2, 0.25) is 11.9 Å². The summed E-state index contributed by atoms with van der Waals surface area (Å²) in [4.78, 5) is 0.